The van der Waals surface area contributed by atoms with Gasteiger partial charge in [-0.15, -0.1) is 0 Å². The molecular weight excluding hydrogens is 378 g/mol. The average Bonchev–Trinajstić information content (AvgIpc) is 3.09. The van der Waals surface area contributed by atoms with Gasteiger partial charge in [0.05, 0.1) is 29.3 Å². The first-order valence-corrected chi connectivity index (χ1v) is 10.6. The molecule has 4 atom stereocenters. The summed E-state index contributed by atoms with van der Waals surface area (Å²) >= 11 is 0. The summed E-state index contributed by atoms with van der Waals surface area (Å²) in [6, 6.07) is 12.0. The molecule has 4 aliphatic rings. The Morgan fingerprint density at radius 3 is 3.00 bits per heavy atom. The van der Waals surface area contributed by atoms with Crippen LogP contribution >= 0.6 is 0 Å². The summed E-state index contributed by atoms with van der Waals surface area (Å²) in [7, 11) is 1.67. The molecule has 1 spiro atoms. The number of hydrogen-bond acceptors (Lipinski definition) is 6. The van der Waals surface area contributed by atoms with Crippen molar-refractivity contribution < 1.29 is 14.6 Å². The minimum atomic E-state index is -0.994. The predicted molar refractivity (Wildman–Crippen MR) is 113 cm³/mol. The standard InChI is InChI=1S/C24H23N3O3/c1-29-16-7-6-12-10-17-24(28)11-14-19(25)13-4-2-3-5-15(13)27-20(14)22-23(24,8-9-26-17)18(12)21(16)30-22/h2-7,17,22,26,28H,8-11H2,1H3,(H2,25,27)/t17-,22?,23-,24?/m0/s1. The number of nitrogen functional groups attached to an aromatic ring is 1. The van der Waals surface area contributed by atoms with Crippen molar-refractivity contribution in [1.82, 2.24) is 10.3 Å². The van der Waals surface area contributed by atoms with Crippen molar-refractivity contribution in [2.24, 2.45) is 0 Å². The van der Waals surface area contributed by atoms with Gasteiger partial charge in [0.1, 0.15) is 0 Å². The Kier molecular flexibility index (Phi) is 2.96. The normalized spacial score (nSPS) is 32.3. The van der Waals surface area contributed by atoms with Crippen molar-refractivity contribution in [3.63, 3.8) is 0 Å². The minimum Gasteiger partial charge on any atom is -0.493 e. The van der Waals surface area contributed by atoms with Crippen LogP contribution in [0.4, 0.5) is 5.69 Å². The van der Waals surface area contributed by atoms with Gasteiger partial charge in [-0.25, -0.2) is 4.98 Å². The van der Waals surface area contributed by atoms with Gasteiger partial charge in [-0.05, 0) is 37.1 Å². The zero-order chi connectivity index (χ0) is 20.3. The van der Waals surface area contributed by atoms with Gasteiger partial charge >= 0.3 is 0 Å². The van der Waals surface area contributed by atoms with Gasteiger partial charge < -0.3 is 25.6 Å². The van der Waals surface area contributed by atoms with Gasteiger partial charge in [0.15, 0.2) is 17.6 Å². The zero-order valence-electron chi connectivity index (χ0n) is 16.7. The van der Waals surface area contributed by atoms with E-state index in [1.54, 1.807) is 7.11 Å². The van der Waals surface area contributed by atoms with Crippen molar-refractivity contribution in [2.75, 3.05) is 19.4 Å². The highest BCUT2D eigenvalue weighted by atomic mass is 16.5. The second-order valence-corrected chi connectivity index (χ2v) is 9.07. The van der Waals surface area contributed by atoms with Crippen LogP contribution in [0, 0.1) is 0 Å². The molecule has 1 saturated heterocycles. The van der Waals surface area contributed by atoms with Gasteiger partial charge in [-0.3, -0.25) is 0 Å². The second-order valence-electron chi connectivity index (χ2n) is 9.07. The summed E-state index contributed by atoms with van der Waals surface area (Å²) in [6.45, 7) is 0.835. The first kappa shape index (κ1) is 16.9. The first-order valence-electron chi connectivity index (χ1n) is 10.6. The van der Waals surface area contributed by atoms with Crippen LogP contribution in [0.2, 0.25) is 0 Å². The molecule has 30 heavy (non-hydrogen) atoms. The number of benzene rings is 2. The van der Waals surface area contributed by atoms with Crippen molar-refractivity contribution in [3.05, 3.63) is 58.8 Å². The third-order valence-corrected chi connectivity index (χ3v) is 8.00. The van der Waals surface area contributed by atoms with Crippen LogP contribution in [0.1, 0.15) is 34.9 Å². The van der Waals surface area contributed by atoms with E-state index >= 15 is 0 Å². The molecule has 3 heterocycles. The zero-order valence-corrected chi connectivity index (χ0v) is 16.7. The monoisotopic (exact) mass is 401 g/mol. The number of anilines is 1. The number of para-hydroxylation sites is 1. The molecule has 152 valence electrons. The molecule has 0 radical (unpaired) electrons. The third kappa shape index (κ3) is 1.66. The number of rotatable bonds is 1. The van der Waals surface area contributed by atoms with Crippen LogP contribution in [0.5, 0.6) is 11.5 Å². The molecule has 2 aromatic carbocycles. The molecule has 3 aromatic rings. The van der Waals surface area contributed by atoms with E-state index in [4.69, 9.17) is 20.2 Å². The molecule has 1 aromatic heterocycles. The van der Waals surface area contributed by atoms with Crippen LogP contribution < -0.4 is 20.5 Å². The molecule has 0 amide bonds. The second kappa shape index (κ2) is 5.25. The third-order valence-electron chi connectivity index (χ3n) is 8.00. The van der Waals surface area contributed by atoms with Crippen LogP contribution in [0.3, 0.4) is 0 Å². The Bertz CT molecular complexity index is 1260. The lowest BCUT2D eigenvalue weighted by Crippen LogP contribution is -2.74. The summed E-state index contributed by atoms with van der Waals surface area (Å²) in [4.78, 5) is 5.04. The minimum absolute atomic E-state index is 0.0526. The highest BCUT2D eigenvalue weighted by Gasteiger charge is 2.71. The van der Waals surface area contributed by atoms with Gasteiger partial charge in [0.25, 0.3) is 0 Å². The molecule has 1 fully saturated rings. The van der Waals surface area contributed by atoms with Gasteiger partial charge in [-0.2, -0.15) is 0 Å². The van der Waals surface area contributed by atoms with Gasteiger partial charge in [-0.1, -0.05) is 24.3 Å². The fraction of sp³-hybridized carbons (Fsp3) is 0.375. The fourth-order valence-electron chi connectivity index (χ4n) is 6.73. The molecule has 6 nitrogen and oxygen atoms in total. The number of pyridine rings is 1. The Labute approximate surface area is 174 Å². The number of fused-ring (bicyclic) bond motifs is 3. The van der Waals surface area contributed by atoms with Crippen molar-refractivity contribution in [2.45, 2.75) is 42.4 Å². The number of hydrogen-bond donors (Lipinski definition) is 3. The van der Waals surface area contributed by atoms with E-state index in [0.29, 0.717) is 17.9 Å². The van der Waals surface area contributed by atoms with Crippen LogP contribution in [0.15, 0.2) is 36.4 Å². The van der Waals surface area contributed by atoms with E-state index < -0.39 is 11.0 Å². The maximum Gasteiger partial charge on any atom is 0.166 e. The molecule has 7 rings (SSSR count). The van der Waals surface area contributed by atoms with Crippen molar-refractivity contribution in [1.29, 1.82) is 0 Å². The van der Waals surface area contributed by atoms with E-state index in [-0.39, 0.29) is 12.1 Å². The summed E-state index contributed by atoms with van der Waals surface area (Å²) in [5.41, 5.74) is 10.8. The van der Waals surface area contributed by atoms with Crippen molar-refractivity contribution >= 4 is 16.6 Å². The quantitative estimate of drug-likeness (QED) is 0.580. The number of aliphatic hydroxyl groups is 1. The van der Waals surface area contributed by atoms with E-state index in [9.17, 15) is 5.11 Å². The lowest BCUT2D eigenvalue weighted by Gasteiger charge is -2.60. The SMILES string of the molecule is COc1ccc2c3c1OC1c4nc5ccccc5c(N)c4CC4(O)[C@H](C2)NCC[C@]314. The van der Waals surface area contributed by atoms with Crippen molar-refractivity contribution in [3.8, 4) is 11.5 Å². The number of piperidine rings is 1. The molecule has 2 aliphatic heterocycles. The number of nitrogens with one attached hydrogen (secondary N) is 1. The largest absolute Gasteiger partial charge is 0.493 e. The lowest BCUT2D eigenvalue weighted by atomic mass is 9.49. The van der Waals surface area contributed by atoms with E-state index in [1.807, 2.05) is 30.3 Å². The number of nitrogens with zero attached hydrogens (tertiary/aromatic N) is 1. The van der Waals surface area contributed by atoms with Gasteiger partial charge in [0.2, 0.25) is 0 Å². The highest BCUT2D eigenvalue weighted by molar-refractivity contribution is 5.92. The summed E-state index contributed by atoms with van der Waals surface area (Å²) in [6.07, 6.45) is 1.63. The van der Waals surface area contributed by atoms with Gasteiger partial charge in [0, 0.05) is 34.7 Å². The topological polar surface area (TPSA) is 89.6 Å². The Morgan fingerprint density at radius 2 is 2.13 bits per heavy atom. The molecular formula is C24H23N3O3. The van der Waals surface area contributed by atoms with E-state index in [0.717, 1.165) is 52.9 Å². The number of aromatic nitrogens is 1. The molecule has 2 aliphatic carbocycles. The molecule has 2 unspecified atom stereocenters. The van der Waals surface area contributed by atoms with Crippen LogP contribution in [-0.2, 0) is 18.3 Å². The fourth-order valence-corrected chi connectivity index (χ4v) is 6.73. The first-order chi connectivity index (χ1) is 14.6. The maximum absolute atomic E-state index is 12.4. The Hall–Kier alpha value is -2.83. The van der Waals surface area contributed by atoms with E-state index in [1.165, 1.54) is 5.56 Å². The number of methoxy groups -OCH3 is 1. The number of ether oxygens (including phenoxy) is 2. The Balaban J connectivity index is 1.60. The van der Waals surface area contributed by atoms with Crippen LogP contribution in [-0.4, -0.2) is 35.4 Å². The molecule has 6 heteroatoms. The van der Waals surface area contributed by atoms with E-state index in [2.05, 4.69) is 11.4 Å². The lowest BCUT2D eigenvalue weighted by molar-refractivity contribution is -0.134. The number of nitrogens with two attached hydrogens (primary N) is 1. The summed E-state index contributed by atoms with van der Waals surface area (Å²) in [5, 5.41) is 16.9. The average molecular weight is 401 g/mol. The highest BCUT2D eigenvalue weighted by Crippen LogP contribution is 2.67. The summed E-state index contributed by atoms with van der Waals surface area (Å²) in [5.74, 6) is 1.48. The maximum atomic E-state index is 12.4. The van der Waals surface area contributed by atoms with Crippen LogP contribution in [0.25, 0.3) is 10.9 Å². The molecule has 0 saturated carbocycles. The summed E-state index contributed by atoms with van der Waals surface area (Å²) < 4.78 is 12.3. The Morgan fingerprint density at radius 1 is 1.27 bits per heavy atom. The predicted octanol–water partition coefficient (Wildman–Crippen LogP) is 2.40. The molecule has 4 N–H and O–H groups in total. The molecule has 2 bridgehead atoms. The smallest absolute Gasteiger partial charge is 0.166 e.